The van der Waals surface area contributed by atoms with Crippen LogP contribution >= 0.6 is 0 Å². The van der Waals surface area contributed by atoms with Crippen LogP contribution in [0.25, 0.3) is 0 Å². The summed E-state index contributed by atoms with van der Waals surface area (Å²) in [5.41, 5.74) is 0.838. The molecular weight excluding hydrogens is 306 g/mol. The Kier molecular flexibility index (Phi) is 5.48. The molecule has 0 aromatic carbocycles. The summed E-state index contributed by atoms with van der Waals surface area (Å²) >= 11 is 0. The fraction of sp³-hybridized carbons (Fsp3) is 0.667. The number of carbonyl (C=O) groups is 1. The molecule has 6 nitrogen and oxygen atoms in total. The van der Waals surface area contributed by atoms with Gasteiger partial charge >= 0.3 is 0 Å². The third-order valence-corrected chi connectivity index (χ3v) is 5.06. The van der Waals surface area contributed by atoms with E-state index in [4.69, 9.17) is 4.74 Å². The smallest absolute Gasteiger partial charge is 0.252 e. The molecule has 0 bridgehead atoms. The first-order chi connectivity index (χ1) is 11.6. The highest BCUT2D eigenvalue weighted by atomic mass is 16.5. The fourth-order valence-electron chi connectivity index (χ4n) is 3.68. The zero-order chi connectivity index (χ0) is 17.0. The van der Waals surface area contributed by atoms with E-state index in [1.807, 2.05) is 6.07 Å². The molecule has 0 spiro atoms. The Morgan fingerprint density at radius 3 is 2.88 bits per heavy atom. The van der Waals surface area contributed by atoms with Crippen molar-refractivity contribution in [1.82, 2.24) is 15.2 Å². The maximum Gasteiger partial charge on any atom is 0.252 e. The van der Waals surface area contributed by atoms with Crippen LogP contribution in [-0.4, -0.2) is 59.8 Å². The number of aromatic nitrogens is 1. The molecule has 1 aromatic rings. The van der Waals surface area contributed by atoms with Gasteiger partial charge in [-0.25, -0.2) is 0 Å². The first-order valence-electron chi connectivity index (χ1n) is 8.84. The molecule has 2 fully saturated rings. The summed E-state index contributed by atoms with van der Waals surface area (Å²) in [6, 6.07) is 3.63. The van der Waals surface area contributed by atoms with Gasteiger partial charge in [0.25, 0.3) is 5.91 Å². The van der Waals surface area contributed by atoms with Gasteiger partial charge in [0.2, 0.25) is 0 Å². The van der Waals surface area contributed by atoms with E-state index < -0.39 is 5.60 Å². The standard InChI is InChI=1S/C18H27N3O3/c1-19-17(22)14-5-6-15(20-11-14)16-12-21(9-10-24-16)13-18(23)7-3-2-4-8-18/h5-6,11,16,23H,2-4,7-10,12-13H2,1H3,(H,19,22)/t16-/m0/s1. The van der Waals surface area contributed by atoms with Crippen molar-refractivity contribution in [3.8, 4) is 0 Å². The zero-order valence-corrected chi connectivity index (χ0v) is 14.3. The number of morpholine rings is 1. The maximum absolute atomic E-state index is 11.6. The van der Waals surface area contributed by atoms with Crippen LogP contribution < -0.4 is 5.32 Å². The Bertz CT molecular complexity index is 555. The third kappa shape index (κ3) is 4.12. The average molecular weight is 333 g/mol. The van der Waals surface area contributed by atoms with E-state index >= 15 is 0 Å². The number of hydrogen-bond acceptors (Lipinski definition) is 5. The summed E-state index contributed by atoms with van der Waals surface area (Å²) in [7, 11) is 1.61. The number of rotatable bonds is 4. The van der Waals surface area contributed by atoms with Crippen LogP contribution in [0.15, 0.2) is 18.3 Å². The summed E-state index contributed by atoms with van der Waals surface area (Å²) in [4.78, 5) is 18.3. The van der Waals surface area contributed by atoms with Gasteiger partial charge < -0.3 is 15.2 Å². The van der Waals surface area contributed by atoms with Crippen molar-refractivity contribution >= 4 is 5.91 Å². The molecule has 2 N–H and O–H groups in total. The van der Waals surface area contributed by atoms with Crippen molar-refractivity contribution in [3.05, 3.63) is 29.6 Å². The van der Waals surface area contributed by atoms with E-state index in [9.17, 15) is 9.90 Å². The Balaban J connectivity index is 1.61. The van der Waals surface area contributed by atoms with Crippen molar-refractivity contribution in [3.63, 3.8) is 0 Å². The van der Waals surface area contributed by atoms with Gasteiger partial charge in [-0.2, -0.15) is 0 Å². The minimum absolute atomic E-state index is 0.107. The molecule has 1 saturated heterocycles. The minimum atomic E-state index is -0.545. The lowest BCUT2D eigenvalue weighted by atomic mass is 9.84. The second-order valence-corrected chi connectivity index (χ2v) is 6.93. The number of ether oxygens (including phenoxy) is 1. The van der Waals surface area contributed by atoms with Crippen LogP contribution in [0, 0.1) is 0 Å². The molecule has 0 radical (unpaired) electrons. The molecule has 1 aliphatic heterocycles. The molecule has 24 heavy (non-hydrogen) atoms. The summed E-state index contributed by atoms with van der Waals surface area (Å²) in [5.74, 6) is -0.139. The number of carbonyl (C=O) groups excluding carboxylic acids is 1. The normalized spacial score (nSPS) is 24.5. The Labute approximate surface area is 143 Å². The molecule has 132 valence electrons. The largest absolute Gasteiger partial charge is 0.389 e. The maximum atomic E-state index is 11.6. The second-order valence-electron chi connectivity index (χ2n) is 6.93. The van der Waals surface area contributed by atoms with Crippen molar-refractivity contribution in [2.75, 3.05) is 33.3 Å². The Morgan fingerprint density at radius 2 is 2.21 bits per heavy atom. The molecule has 1 aromatic heterocycles. The van der Waals surface area contributed by atoms with Gasteiger partial charge in [-0.05, 0) is 25.0 Å². The van der Waals surface area contributed by atoms with Crippen LogP contribution in [0.2, 0.25) is 0 Å². The number of amides is 1. The SMILES string of the molecule is CNC(=O)c1ccc([C@@H]2CN(CC3(O)CCCCC3)CCO2)nc1. The molecule has 6 heteroatoms. The second kappa shape index (κ2) is 7.59. The highest BCUT2D eigenvalue weighted by Gasteiger charge is 2.33. The first-order valence-corrected chi connectivity index (χ1v) is 8.84. The summed E-state index contributed by atoms with van der Waals surface area (Å²) in [6.45, 7) is 2.92. The Hall–Kier alpha value is -1.50. The molecule has 1 amide bonds. The van der Waals surface area contributed by atoms with Gasteiger partial charge in [0.05, 0.1) is 23.5 Å². The van der Waals surface area contributed by atoms with Crippen molar-refractivity contribution in [1.29, 1.82) is 0 Å². The summed E-state index contributed by atoms with van der Waals surface area (Å²) < 4.78 is 5.86. The number of β-amino-alcohol motifs (C(OH)–C–C–N with tert-alkyl or cyclic N) is 1. The quantitative estimate of drug-likeness (QED) is 0.874. The van der Waals surface area contributed by atoms with Crippen molar-refractivity contribution in [2.24, 2.45) is 0 Å². The van der Waals surface area contributed by atoms with Crippen LogP contribution in [0.5, 0.6) is 0 Å². The number of nitrogens with one attached hydrogen (secondary N) is 1. The number of hydrogen-bond donors (Lipinski definition) is 2. The van der Waals surface area contributed by atoms with Crippen LogP contribution in [0.4, 0.5) is 0 Å². The van der Waals surface area contributed by atoms with Crippen molar-refractivity contribution in [2.45, 2.75) is 43.8 Å². The Morgan fingerprint density at radius 1 is 1.42 bits per heavy atom. The van der Waals surface area contributed by atoms with E-state index in [1.165, 1.54) is 6.42 Å². The van der Waals surface area contributed by atoms with Crippen LogP contribution in [0.1, 0.15) is 54.3 Å². The molecule has 2 aliphatic rings. The molecule has 3 rings (SSSR count). The lowest BCUT2D eigenvalue weighted by Gasteiger charge is -2.40. The van der Waals surface area contributed by atoms with Crippen LogP contribution in [-0.2, 0) is 4.74 Å². The lowest BCUT2D eigenvalue weighted by molar-refractivity contribution is -0.0776. The van der Waals surface area contributed by atoms with E-state index in [-0.39, 0.29) is 12.0 Å². The molecular formula is C18H27N3O3. The topological polar surface area (TPSA) is 74.7 Å². The third-order valence-electron chi connectivity index (χ3n) is 5.06. The summed E-state index contributed by atoms with van der Waals surface area (Å²) in [5, 5.41) is 13.4. The number of pyridine rings is 1. The van der Waals surface area contributed by atoms with Crippen LogP contribution in [0.3, 0.4) is 0 Å². The molecule has 1 saturated carbocycles. The van der Waals surface area contributed by atoms with Gasteiger partial charge in [0.1, 0.15) is 6.10 Å². The summed E-state index contributed by atoms with van der Waals surface area (Å²) in [6.07, 6.45) is 6.74. The monoisotopic (exact) mass is 333 g/mol. The van der Waals surface area contributed by atoms with Crippen molar-refractivity contribution < 1.29 is 14.6 Å². The zero-order valence-electron chi connectivity index (χ0n) is 14.3. The molecule has 1 aliphatic carbocycles. The number of aliphatic hydroxyl groups is 1. The predicted octanol–water partition coefficient (Wildman–Crippen LogP) is 1.51. The van der Waals surface area contributed by atoms with Gasteiger partial charge in [0.15, 0.2) is 0 Å². The highest BCUT2D eigenvalue weighted by molar-refractivity contribution is 5.93. The molecule has 1 atom stereocenters. The average Bonchev–Trinajstić information content (AvgIpc) is 2.61. The van der Waals surface area contributed by atoms with Gasteiger partial charge in [-0.15, -0.1) is 0 Å². The molecule has 0 unspecified atom stereocenters. The van der Waals surface area contributed by atoms with Gasteiger partial charge in [0, 0.05) is 32.9 Å². The highest BCUT2D eigenvalue weighted by Crippen LogP contribution is 2.30. The molecule has 2 heterocycles. The van der Waals surface area contributed by atoms with E-state index in [0.717, 1.165) is 44.5 Å². The lowest BCUT2D eigenvalue weighted by Crippen LogP contribution is -2.49. The van der Waals surface area contributed by atoms with E-state index in [2.05, 4.69) is 15.2 Å². The fourth-order valence-corrected chi connectivity index (χ4v) is 3.68. The van der Waals surface area contributed by atoms with Gasteiger partial charge in [-0.1, -0.05) is 19.3 Å². The van der Waals surface area contributed by atoms with E-state index in [1.54, 1.807) is 19.3 Å². The minimum Gasteiger partial charge on any atom is -0.389 e. The van der Waals surface area contributed by atoms with Gasteiger partial charge in [-0.3, -0.25) is 14.7 Å². The van der Waals surface area contributed by atoms with E-state index in [0.29, 0.717) is 18.7 Å². The predicted molar refractivity (Wildman–Crippen MR) is 90.8 cm³/mol. The first kappa shape index (κ1) is 17.3. The number of nitrogens with zero attached hydrogens (tertiary/aromatic N) is 2.